The Morgan fingerprint density at radius 1 is 1.41 bits per heavy atom. The number of piperazine rings is 1. The lowest BCUT2D eigenvalue weighted by atomic mass is 10.0. The van der Waals surface area contributed by atoms with E-state index in [1.807, 2.05) is 26.8 Å². The molecule has 0 aromatic heterocycles. The number of benzene rings is 1. The largest absolute Gasteiger partial charge is 0.444 e. The number of carbonyl (C=O) groups is 1. The average Bonchev–Trinajstić information content (AvgIpc) is 2.41. The molecule has 1 aromatic rings. The predicted molar refractivity (Wildman–Crippen MR) is 89.8 cm³/mol. The van der Waals surface area contributed by atoms with E-state index < -0.39 is 5.60 Å². The molecule has 1 saturated heterocycles. The molecule has 1 aromatic carbocycles. The van der Waals surface area contributed by atoms with Crippen LogP contribution in [-0.2, 0) is 11.2 Å². The van der Waals surface area contributed by atoms with Crippen molar-refractivity contribution in [1.82, 2.24) is 10.2 Å². The molecule has 1 fully saturated rings. The van der Waals surface area contributed by atoms with Crippen molar-refractivity contribution in [3.05, 3.63) is 33.8 Å². The van der Waals surface area contributed by atoms with Gasteiger partial charge < -0.3 is 15.0 Å². The van der Waals surface area contributed by atoms with Crippen LogP contribution in [0.2, 0.25) is 10.0 Å². The van der Waals surface area contributed by atoms with Crippen LogP contribution in [0, 0.1) is 0 Å². The van der Waals surface area contributed by atoms with Gasteiger partial charge in [-0.15, -0.1) is 0 Å². The zero-order valence-electron chi connectivity index (χ0n) is 13.2. The van der Waals surface area contributed by atoms with E-state index in [1.54, 1.807) is 17.0 Å². The van der Waals surface area contributed by atoms with E-state index in [9.17, 15) is 4.79 Å². The molecule has 1 aliphatic rings. The number of halogens is 2. The minimum atomic E-state index is -0.478. The Hall–Kier alpha value is -0.970. The summed E-state index contributed by atoms with van der Waals surface area (Å²) in [6, 6.07) is 5.58. The summed E-state index contributed by atoms with van der Waals surface area (Å²) in [6.07, 6.45) is 0.454. The lowest BCUT2D eigenvalue weighted by molar-refractivity contribution is 0.0195. The highest BCUT2D eigenvalue weighted by Gasteiger charge is 2.27. The quantitative estimate of drug-likeness (QED) is 0.888. The van der Waals surface area contributed by atoms with E-state index >= 15 is 0 Å². The van der Waals surface area contributed by atoms with Gasteiger partial charge in [-0.25, -0.2) is 4.79 Å². The van der Waals surface area contributed by atoms with Crippen molar-refractivity contribution in [2.75, 3.05) is 19.6 Å². The Morgan fingerprint density at radius 3 is 2.82 bits per heavy atom. The Bertz CT molecular complexity index is 543. The Labute approximate surface area is 141 Å². The molecular formula is C16H22Cl2N2O2. The maximum atomic E-state index is 12.2. The van der Waals surface area contributed by atoms with Crippen molar-refractivity contribution in [2.24, 2.45) is 0 Å². The van der Waals surface area contributed by atoms with Gasteiger partial charge in [0.25, 0.3) is 0 Å². The van der Waals surface area contributed by atoms with Crippen LogP contribution >= 0.6 is 23.2 Å². The van der Waals surface area contributed by atoms with Crippen LogP contribution in [0.3, 0.4) is 0 Å². The van der Waals surface area contributed by atoms with E-state index in [1.165, 1.54) is 0 Å². The first-order valence-electron chi connectivity index (χ1n) is 7.40. The van der Waals surface area contributed by atoms with Crippen LogP contribution in [0.25, 0.3) is 0 Å². The van der Waals surface area contributed by atoms with Gasteiger partial charge in [-0.05, 0) is 51.0 Å². The second-order valence-corrected chi connectivity index (χ2v) is 7.36. The summed E-state index contributed by atoms with van der Waals surface area (Å²) in [5.41, 5.74) is 0.506. The second-order valence-electron chi connectivity index (χ2n) is 6.52. The minimum absolute atomic E-state index is 0.136. The monoisotopic (exact) mass is 344 g/mol. The first kappa shape index (κ1) is 17.4. The number of nitrogens with one attached hydrogen (secondary N) is 1. The topological polar surface area (TPSA) is 41.6 Å². The molecule has 1 heterocycles. The molecule has 22 heavy (non-hydrogen) atoms. The molecule has 2 rings (SSSR count). The van der Waals surface area contributed by atoms with Gasteiger partial charge in [-0.1, -0.05) is 23.2 Å². The number of hydrogen-bond acceptors (Lipinski definition) is 3. The number of nitrogens with zero attached hydrogens (tertiary/aromatic N) is 1. The van der Waals surface area contributed by atoms with Crippen LogP contribution in [0.5, 0.6) is 0 Å². The molecule has 0 unspecified atom stereocenters. The summed E-state index contributed by atoms with van der Waals surface area (Å²) >= 11 is 12.2. The predicted octanol–water partition coefficient (Wildman–Crippen LogP) is 3.74. The molecule has 1 N–H and O–H groups in total. The first-order valence-corrected chi connectivity index (χ1v) is 8.15. The molecule has 6 heteroatoms. The zero-order chi connectivity index (χ0) is 16.3. The van der Waals surface area contributed by atoms with E-state index in [4.69, 9.17) is 27.9 Å². The van der Waals surface area contributed by atoms with Crippen molar-refractivity contribution in [1.29, 1.82) is 0 Å². The highest BCUT2D eigenvalue weighted by atomic mass is 35.5. The van der Waals surface area contributed by atoms with E-state index in [-0.39, 0.29) is 12.1 Å². The van der Waals surface area contributed by atoms with Crippen LogP contribution in [0.15, 0.2) is 18.2 Å². The fourth-order valence-electron chi connectivity index (χ4n) is 2.42. The van der Waals surface area contributed by atoms with Crippen molar-refractivity contribution in [3.63, 3.8) is 0 Å². The molecular weight excluding hydrogens is 323 g/mol. The van der Waals surface area contributed by atoms with E-state index in [0.717, 1.165) is 18.5 Å². The lowest BCUT2D eigenvalue weighted by Crippen LogP contribution is -2.54. The van der Waals surface area contributed by atoms with Gasteiger partial charge in [-0.3, -0.25) is 0 Å². The molecule has 1 atom stereocenters. The summed E-state index contributed by atoms with van der Waals surface area (Å²) in [7, 11) is 0. The molecule has 0 aliphatic carbocycles. The maximum Gasteiger partial charge on any atom is 0.410 e. The highest BCUT2D eigenvalue weighted by molar-refractivity contribution is 6.33. The zero-order valence-corrected chi connectivity index (χ0v) is 14.7. The van der Waals surface area contributed by atoms with Gasteiger partial charge in [0.2, 0.25) is 0 Å². The SMILES string of the molecule is CC(C)(C)OC(=O)N1CCN[C@H](Cc2cc(Cl)ccc2Cl)C1. The molecule has 1 amide bonds. The van der Waals surface area contributed by atoms with Gasteiger partial charge in [0.1, 0.15) is 5.60 Å². The number of carbonyl (C=O) groups excluding carboxylic acids is 1. The maximum absolute atomic E-state index is 12.2. The molecule has 0 spiro atoms. The van der Waals surface area contributed by atoms with Crippen molar-refractivity contribution in [3.8, 4) is 0 Å². The van der Waals surface area contributed by atoms with Crippen molar-refractivity contribution in [2.45, 2.75) is 38.8 Å². The fourth-order valence-corrected chi connectivity index (χ4v) is 2.81. The van der Waals surface area contributed by atoms with Gasteiger partial charge >= 0.3 is 6.09 Å². The Morgan fingerprint density at radius 2 is 2.14 bits per heavy atom. The summed E-state index contributed by atoms with van der Waals surface area (Å²) < 4.78 is 5.43. The first-order chi connectivity index (χ1) is 10.2. The summed E-state index contributed by atoms with van der Waals surface area (Å²) in [6.45, 7) is 7.59. The molecule has 1 aliphatic heterocycles. The smallest absolute Gasteiger partial charge is 0.410 e. The number of ether oxygens (including phenoxy) is 1. The van der Waals surface area contributed by atoms with Crippen LogP contribution < -0.4 is 5.32 Å². The van der Waals surface area contributed by atoms with Gasteiger partial charge in [0.15, 0.2) is 0 Å². The van der Waals surface area contributed by atoms with E-state index in [0.29, 0.717) is 23.1 Å². The minimum Gasteiger partial charge on any atom is -0.444 e. The number of rotatable bonds is 2. The van der Waals surface area contributed by atoms with Gasteiger partial charge in [0.05, 0.1) is 0 Å². The number of amides is 1. The van der Waals surface area contributed by atoms with Crippen LogP contribution in [0.1, 0.15) is 26.3 Å². The molecule has 0 saturated carbocycles. The van der Waals surface area contributed by atoms with Crippen molar-refractivity contribution < 1.29 is 9.53 Å². The Kier molecular flexibility index (Phi) is 5.59. The van der Waals surface area contributed by atoms with E-state index in [2.05, 4.69) is 5.32 Å². The molecule has 0 bridgehead atoms. The third-order valence-corrected chi connectivity index (χ3v) is 3.99. The number of hydrogen-bond donors (Lipinski definition) is 1. The van der Waals surface area contributed by atoms with Gasteiger partial charge in [-0.2, -0.15) is 0 Å². The molecule has 4 nitrogen and oxygen atoms in total. The highest BCUT2D eigenvalue weighted by Crippen LogP contribution is 2.22. The lowest BCUT2D eigenvalue weighted by Gasteiger charge is -2.35. The van der Waals surface area contributed by atoms with Crippen LogP contribution in [0.4, 0.5) is 4.79 Å². The van der Waals surface area contributed by atoms with Crippen molar-refractivity contribution >= 4 is 29.3 Å². The second kappa shape index (κ2) is 7.07. The average molecular weight is 345 g/mol. The molecule has 0 radical (unpaired) electrons. The van der Waals surface area contributed by atoms with Crippen LogP contribution in [-0.4, -0.2) is 42.3 Å². The standard InChI is InChI=1S/C16H22Cl2N2O2/c1-16(2,3)22-15(21)20-7-6-19-13(10-20)9-11-8-12(17)4-5-14(11)18/h4-5,8,13,19H,6-7,9-10H2,1-3H3/t13-/m1/s1. The third-order valence-electron chi connectivity index (χ3n) is 3.38. The summed E-state index contributed by atoms with van der Waals surface area (Å²) in [5, 5.41) is 4.77. The molecule has 122 valence electrons. The third kappa shape index (κ3) is 5.04. The normalized spacial score (nSPS) is 19.1. The summed E-state index contributed by atoms with van der Waals surface area (Å²) in [4.78, 5) is 13.9. The van der Waals surface area contributed by atoms with Gasteiger partial charge in [0, 0.05) is 35.7 Å². The Balaban J connectivity index is 1.98. The summed E-state index contributed by atoms with van der Waals surface area (Å²) in [5.74, 6) is 0. The fraction of sp³-hybridized carbons (Fsp3) is 0.562.